The van der Waals surface area contributed by atoms with Gasteiger partial charge in [-0.15, -0.1) is 11.8 Å². The van der Waals surface area contributed by atoms with Crippen LogP contribution in [-0.4, -0.2) is 10.8 Å². The minimum atomic E-state index is -0.244. The summed E-state index contributed by atoms with van der Waals surface area (Å²) in [5.41, 5.74) is 1.68. The van der Waals surface area contributed by atoms with Gasteiger partial charge < -0.3 is 4.57 Å². The molecule has 0 saturated heterocycles. The summed E-state index contributed by atoms with van der Waals surface area (Å²) in [6, 6.07) is 11.2. The third-order valence-corrected chi connectivity index (χ3v) is 4.07. The van der Waals surface area contributed by atoms with Crippen molar-refractivity contribution in [3.05, 3.63) is 51.3 Å². The Kier molecular flexibility index (Phi) is 4.53. The van der Waals surface area contributed by atoms with Crippen molar-refractivity contribution in [2.24, 2.45) is 0 Å². The van der Waals surface area contributed by atoms with E-state index >= 15 is 0 Å². The first kappa shape index (κ1) is 14.7. The van der Waals surface area contributed by atoms with Gasteiger partial charge in [0.15, 0.2) is 0 Å². The zero-order valence-electron chi connectivity index (χ0n) is 11.2. The van der Waals surface area contributed by atoms with E-state index in [4.69, 9.17) is 16.9 Å². The Morgan fingerprint density at radius 1 is 1.35 bits per heavy atom. The summed E-state index contributed by atoms with van der Waals surface area (Å²) < 4.78 is 1.61. The van der Waals surface area contributed by atoms with Crippen molar-refractivity contribution >= 4 is 23.4 Å². The molecule has 102 valence electrons. The lowest BCUT2D eigenvalue weighted by Gasteiger charge is -2.14. The molecule has 0 saturated carbocycles. The molecule has 0 aliphatic rings. The van der Waals surface area contributed by atoms with E-state index in [0.29, 0.717) is 16.5 Å². The molecule has 0 fully saturated rings. The molecule has 1 heterocycles. The Hall–Kier alpha value is -1.70. The maximum absolute atomic E-state index is 12.4. The van der Waals surface area contributed by atoms with Crippen LogP contribution >= 0.6 is 23.4 Å². The minimum Gasteiger partial charge on any atom is -0.307 e. The van der Waals surface area contributed by atoms with Crippen molar-refractivity contribution in [2.45, 2.75) is 18.4 Å². The molecule has 0 N–H and O–H groups in total. The zero-order valence-corrected chi connectivity index (χ0v) is 12.8. The average molecular weight is 305 g/mol. The van der Waals surface area contributed by atoms with Crippen LogP contribution < -0.4 is 5.56 Å². The van der Waals surface area contributed by atoms with Gasteiger partial charge in [-0.25, -0.2) is 0 Å². The van der Waals surface area contributed by atoms with Crippen molar-refractivity contribution < 1.29 is 0 Å². The molecule has 0 atom stereocenters. The SMILES string of the molecule is CCn1c(-c2ccc(Cl)cc2)cc(SC)c(C#N)c1=O. The van der Waals surface area contributed by atoms with Crippen LogP contribution in [0.1, 0.15) is 12.5 Å². The predicted molar refractivity (Wildman–Crippen MR) is 83.3 cm³/mol. The van der Waals surface area contributed by atoms with Gasteiger partial charge in [0.05, 0.1) is 5.69 Å². The fraction of sp³-hybridized carbons (Fsp3) is 0.200. The fourth-order valence-electron chi connectivity index (χ4n) is 2.06. The molecule has 0 unspecified atom stereocenters. The molecular weight excluding hydrogens is 292 g/mol. The summed E-state index contributed by atoms with van der Waals surface area (Å²) in [6.45, 7) is 2.40. The summed E-state index contributed by atoms with van der Waals surface area (Å²) in [5, 5.41) is 9.80. The summed E-state index contributed by atoms with van der Waals surface area (Å²) >= 11 is 7.30. The number of benzene rings is 1. The van der Waals surface area contributed by atoms with E-state index in [2.05, 4.69) is 0 Å². The van der Waals surface area contributed by atoms with Gasteiger partial charge in [-0.05, 0) is 36.9 Å². The van der Waals surface area contributed by atoms with Crippen molar-refractivity contribution in [1.29, 1.82) is 5.26 Å². The number of halogens is 1. The molecular formula is C15H13ClN2OS. The van der Waals surface area contributed by atoms with Crippen LogP contribution in [0.2, 0.25) is 5.02 Å². The second-order valence-corrected chi connectivity index (χ2v) is 5.43. The Balaban J connectivity index is 2.76. The van der Waals surface area contributed by atoms with Crippen LogP contribution in [0.3, 0.4) is 0 Å². The van der Waals surface area contributed by atoms with Gasteiger partial charge in [0.1, 0.15) is 11.6 Å². The van der Waals surface area contributed by atoms with Crippen LogP contribution in [0.25, 0.3) is 11.3 Å². The third kappa shape index (κ3) is 2.60. The zero-order chi connectivity index (χ0) is 14.7. The van der Waals surface area contributed by atoms with E-state index in [1.165, 1.54) is 11.8 Å². The minimum absolute atomic E-state index is 0.206. The first-order valence-electron chi connectivity index (χ1n) is 6.10. The molecule has 0 amide bonds. The lowest BCUT2D eigenvalue weighted by molar-refractivity contribution is 0.727. The summed E-state index contributed by atoms with van der Waals surface area (Å²) in [4.78, 5) is 13.1. The van der Waals surface area contributed by atoms with Gasteiger partial charge >= 0.3 is 0 Å². The molecule has 2 aromatic rings. The van der Waals surface area contributed by atoms with E-state index < -0.39 is 0 Å². The molecule has 20 heavy (non-hydrogen) atoms. The van der Waals surface area contributed by atoms with E-state index in [9.17, 15) is 4.79 Å². The number of nitriles is 1. The highest BCUT2D eigenvalue weighted by molar-refractivity contribution is 7.98. The number of pyridine rings is 1. The summed E-state index contributed by atoms with van der Waals surface area (Å²) in [6.07, 6.45) is 1.86. The summed E-state index contributed by atoms with van der Waals surface area (Å²) in [7, 11) is 0. The van der Waals surface area contributed by atoms with Crippen molar-refractivity contribution in [2.75, 3.05) is 6.26 Å². The van der Waals surface area contributed by atoms with Crippen LogP contribution in [0, 0.1) is 11.3 Å². The van der Waals surface area contributed by atoms with E-state index in [1.807, 2.05) is 37.4 Å². The maximum Gasteiger partial charge on any atom is 0.270 e. The van der Waals surface area contributed by atoms with Gasteiger partial charge in [0, 0.05) is 16.5 Å². The first-order valence-corrected chi connectivity index (χ1v) is 7.70. The molecule has 0 bridgehead atoms. The lowest BCUT2D eigenvalue weighted by atomic mass is 10.1. The van der Waals surface area contributed by atoms with Crippen molar-refractivity contribution in [3.8, 4) is 17.3 Å². The monoisotopic (exact) mass is 304 g/mol. The maximum atomic E-state index is 12.4. The lowest BCUT2D eigenvalue weighted by Crippen LogP contribution is -2.24. The smallest absolute Gasteiger partial charge is 0.270 e. The van der Waals surface area contributed by atoms with Crippen molar-refractivity contribution in [3.63, 3.8) is 0 Å². The van der Waals surface area contributed by atoms with Gasteiger partial charge in [0.25, 0.3) is 5.56 Å². The van der Waals surface area contributed by atoms with E-state index in [-0.39, 0.29) is 11.1 Å². The first-order chi connectivity index (χ1) is 9.62. The van der Waals surface area contributed by atoms with Gasteiger partial charge in [0.2, 0.25) is 0 Å². The number of hydrogen-bond donors (Lipinski definition) is 0. The molecule has 0 aliphatic carbocycles. The van der Waals surface area contributed by atoms with Gasteiger partial charge in [-0.1, -0.05) is 23.7 Å². The fourth-order valence-corrected chi connectivity index (χ4v) is 2.75. The second kappa shape index (κ2) is 6.17. The molecule has 0 spiro atoms. The third-order valence-electron chi connectivity index (χ3n) is 3.05. The van der Waals surface area contributed by atoms with Crippen LogP contribution in [0.15, 0.2) is 40.0 Å². The summed E-state index contributed by atoms with van der Waals surface area (Å²) in [5.74, 6) is 0. The number of thioether (sulfide) groups is 1. The molecule has 2 rings (SSSR count). The predicted octanol–water partition coefficient (Wildman–Crippen LogP) is 3.78. The van der Waals surface area contributed by atoms with E-state index in [0.717, 1.165) is 11.3 Å². The van der Waals surface area contributed by atoms with Crippen LogP contribution in [0.4, 0.5) is 0 Å². The average Bonchev–Trinajstić information content (AvgIpc) is 2.47. The number of hydrogen-bond acceptors (Lipinski definition) is 3. The molecule has 1 aromatic carbocycles. The van der Waals surface area contributed by atoms with Gasteiger partial charge in [-0.2, -0.15) is 5.26 Å². The topological polar surface area (TPSA) is 45.8 Å². The van der Waals surface area contributed by atoms with Crippen LogP contribution in [-0.2, 0) is 6.54 Å². The second-order valence-electron chi connectivity index (χ2n) is 4.14. The highest BCUT2D eigenvalue weighted by Crippen LogP contribution is 2.26. The molecule has 1 aromatic heterocycles. The number of rotatable bonds is 3. The Bertz CT molecular complexity index is 729. The quantitative estimate of drug-likeness (QED) is 0.811. The highest BCUT2D eigenvalue weighted by Gasteiger charge is 2.14. The number of nitrogens with zero attached hydrogens (tertiary/aromatic N) is 2. The largest absolute Gasteiger partial charge is 0.307 e. The highest BCUT2D eigenvalue weighted by atomic mass is 35.5. The van der Waals surface area contributed by atoms with Crippen LogP contribution in [0.5, 0.6) is 0 Å². The molecule has 0 aliphatic heterocycles. The molecule has 3 nitrogen and oxygen atoms in total. The normalized spacial score (nSPS) is 10.3. The Morgan fingerprint density at radius 2 is 2.00 bits per heavy atom. The van der Waals surface area contributed by atoms with E-state index in [1.54, 1.807) is 16.7 Å². The van der Waals surface area contributed by atoms with Gasteiger partial charge in [-0.3, -0.25) is 4.79 Å². The number of aromatic nitrogens is 1. The Morgan fingerprint density at radius 3 is 2.50 bits per heavy atom. The molecule has 5 heteroatoms. The Labute approximate surface area is 126 Å². The standard InChI is InChI=1S/C15H13ClN2OS/c1-3-18-13(10-4-6-11(16)7-5-10)8-14(20-2)12(9-17)15(18)19/h4-8H,3H2,1-2H3. The van der Waals surface area contributed by atoms with Crippen molar-refractivity contribution in [1.82, 2.24) is 4.57 Å². The molecule has 0 radical (unpaired) electrons.